The van der Waals surface area contributed by atoms with Crippen LogP contribution < -0.4 is 4.90 Å². The van der Waals surface area contributed by atoms with Crippen LogP contribution in [-0.4, -0.2) is 35.8 Å². The lowest BCUT2D eigenvalue weighted by Crippen LogP contribution is -2.45. The maximum atomic E-state index is 12.6. The van der Waals surface area contributed by atoms with Gasteiger partial charge < -0.3 is 0 Å². The molecule has 1 atom stereocenters. The molecule has 1 aromatic rings. The fourth-order valence-corrected chi connectivity index (χ4v) is 3.21. The number of hydrogen-bond donors (Lipinski definition) is 0. The van der Waals surface area contributed by atoms with Gasteiger partial charge in [0.2, 0.25) is 5.91 Å². The summed E-state index contributed by atoms with van der Waals surface area (Å²) in [5, 5.41) is 0. The van der Waals surface area contributed by atoms with Crippen molar-refractivity contribution in [1.82, 2.24) is 4.90 Å². The van der Waals surface area contributed by atoms with Crippen LogP contribution in [0.3, 0.4) is 0 Å². The van der Waals surface area contributed by atoms with Gasteiger partial charge >= 0.3 is 0 Å². The van der Waals surface area contributed by atoms with Gasteiger partial charge in [-0.15, -0.1) is 0 Å². The molecule has 0 spiro atoms. The summed E-state index contributed by atoms with van der Waals surface area (Å²) in [6.45, 7) is 6.09. The van der Waals surface area contributed by atoms with Gasteiger partial charge in [0.15, 0.2) is 0 Å². The Kier molecular flexibility index (Phi) is 3.81. The summed E-state index contributed by atoms with van der Waals surface area (Å²) < 4.78 is 0. The molecule has 0 aliphatic carbocycles. The Bertz CT molecular complexity index is 544. The van der Waals surface area contributed by atoms with Gasteiger partial charge in [0.1, 0.15) is 0 Å². The summed E-state index contributed by atoms with van der Waals surface area (Å²) in [4.78, 5) is 28.5. The zero-order valence-electron chi connectivity index (χ0n) is 12.7. The average molecular weight is 286 g/mol. The lowest BCUT2D eigenvalue weighted by Gasteiger charge is -2.33. The summed E-state index contributed by atoms with van der Waals surface area (Å²) in [5.41, 5.74) is 1.82. The molecular weight excluding hydrogens is 264 g/mol. The normalized spacial score (nSPS) is 24.9. The second-order valence-electron chi connectivity index (χ2n) is 6.34. The van der Waals surface area contributed by atoms with Gasteiger partial charge in [-0.2, -0.15) is 0 Å². The highest BCUT2D eigenvalue weighted by molar-refractivity contribution is 6.22. The number of imide groups is 1. The Morgan fingerprint density at radius 2 is 1.67 bits per heavy atom. The molecule has 2 aliphatic rings. The molecule has 1 aromatic carbocycles. The lowest BCUT2D eigenvalue weighted by molar-refractivity contribution is -0.123. The molecule has 0 unspecified atom stereocenters. The lowest BCUT2D eigenvalue weighted by atomic mass is 9.97. The smallest absolute Gasteiger partial charge is 0.251 e. The van der Waals surface area contributed by atoms with Crippen LogP contribution in [0.4, 0.5) is 5.69 Å². The van der Waals surface area contributed by atoms with E-state index in [1.165, 1.54) is 4.90 Å². The summed E-state index contributed by atoms with van der Waals surface area (Å²) in [5.74, 6) is 0.590. The summed E-state index contributed by atoms with van der Waals surface area (Å²) >= 11 is 0. The van der Waals surface area contributed by atoms with Crippen LogP contribution in [0.25, 0.3) is 0 Å². The van der Waals surface area contributed by atoms with Crippen molar-refractivity contribution in [3.8, 4) is 0 Å². The minimum absolute atomic E-state index is 0.0570. The van der Waals surface area contributed by atoms with Gasteiger partial charge in [0.05, 0.1) is 18.2 Å². The van der Waals surface area contributed by atoms with Crippen molar-refractivity contribution in [2.24, 2.45) is 5.92 Å². The van der Waals surface area contributed by atoms with E-state index in [0.717, 1.165) is 37.4 Å². The van der Waals surface area contributed by atoms with Gasteiger partial charge in [-0.1, -0.05) is 24.6 Å². The Morgan fingerprint density at radius 1 is 1.05 bits per heavy atom. The molecule has 0 aromatic heterocycles. The molecule has 2 aliphatic heterocycles. The van der Waals surface area contributed by atoms with Crippen LogP contribution >= 0.6 is 0 Å². The molecule has 112 valence electrons. The second kappa shape index (κ2) is 5.60. The number of benzene rings is 1. The molecule has 21 heavy (non-hydrogen) atoms. The number of carbonyl (C=O) groups is 2. The third-order valence-corrected chi connectivity index (χ3v) is 4.67. The third-order valence-electron chi connectivity index (χ3n) is 4.67. The number of anilines is 1. The zero-order chi connectivity index (χ0) is 15.0. The predicted molar refractivity (Wildman–Crippen MR) is 82.0 cm³/mol. The maximum Gasteiger partial charge on any atom is 0.251 e. The molecule has 4 heteroatoms. The molecule has 2 heterocycles. The SMILES string of the molecule is Cc1ccc(N2C(=O)C[C@H](N3CCC(C)CC3)C2=O)cc1. The van der Waals surface area contributed by atoms with E-state index in [9.17, 15) is 9.59 Å². The van der Waals surface area contributed by atoms with E-state index in [1.807, 2.05) is 31.2 Å². The fourth-order valence-electron chi connectivity index (χ4n) is 3.21. The first-order valence-electron chi connectivity index (χ1n) is 7.74. The van der Waals surface area contributed by atoms with Crippen molar-refractivity contribution in [2.45, 2.75) is 39.2 Å². The monoisotopic (exact) mass is 286 g/mol. The Hall–Kier alpha value is -1.68. The van der Waals surface area contributed by atoms with Crippen molar-refractivity contribution in [1.29, 1.82) is 0 Å². The first-order valence-corrected chi connectivity index (χ1v) is 7.74. The standard InChI is InChI=1S/C17H22N2O2/c1-12-3-5-14(6-4-12)19-16(20)11-15(17(19)21)18-9-7-13(2)8-10-18/h3-6,13,15H,7-11H2,1-2H3/t15-/m0/s1. The van der Waals surface area contributed by atoms with Crippen molar-refractivity contribution in [3.63, 3.8) is 0 Å². The largest absolute Gasteiger partial charge is 0.292 e. The topological polar surface area (TPSA) is 40.6 Å². The number of aryl methyl sites for hydroxylation is 1. The molecule has 2 amide bonds. The van der Waals surface area contributed by atoms with E-state index in [2.05, 4.69) is 11.8 Å². The van der Waals surface area contributed by atoms with Crippen molar-refractivity contribution in [3.05, 3.63) is 29.8 Å². The van der Waals surface area contributed by atoms with Crippen molar-refractivity contribution in [2.75, 3.05) is 18.0 Å². The maximum absolute atomic E-state index is 12.6. The van der Waals surface area contributed by atoms with E-state index >= 15 is 0 Å². The molecule has 0 saturated carbocycles. The fraction of sp³-hybridized carbons (Fsp3) is 0.529. The van der Waals surface area contributed by atoms with Crippen LogP contribution in [0.15, 0.2) is 24.3 Å². The minimum Gasteiger partial charge on any atom is -0.292 e. The highest BCUT2D eigenvalue weighted by Gasteiger charge is 2.43. The van der Waals surface area contributed by atoms with Gasteiger partial charge in [0, 0.05) is 0 Å². The van der Waals surface area contributed by atoms with Gasteiger partial charge in [0.25, 0.3) is 5.91 Å². The van der Waals surface area contributed by atoms with E-state index in [1.54, 1.807) is 0 Å². The number of piperidine rings is 1. The van der Waals surface area contributed by atoms with E-state index in [4.69, 9.17) is 0 Å². The zero-order valence-corrected chi connectivity index (χ0v) is 12.7. The number of amides is 2. The van der Waals surface area contributed by atoms with Crippen LogP contribution in [0, 0.1) is 12.8 Å². The third kappa shape index (κ3) is 2.72. The van der Waals surface area contributed by atoms with Crippen molar-refractivity contribution < 1.29 is 9.59 Å². The first-order chi connectivity index (χ1) is 10.1. The quantitative estimate of drug-likeness (QED) is 0.784. The van der Waals surface area contributed by atoms with Crippen LogP contribution in [0.1, 0.15) is 31.7 Å². The molecule has 0 radical (unpaired) electrons. The van der Waals surface area contributed by atoms with E-state index in [0.29, 0.717) is 12.1 Å². The molecule has 0 bridgehead atoms. The molecule has 2 saturated heterocycles. The highest BCUT2D eigenvalue weighted by atomic mass is 16.2. The van der Waals surface area contributed by atoms with Gasteiger partial charge in [-0.3, -0.25) is 14.5 Å². The Balaban J connectivity index is 1.77. The van der Waals surface area contributed by atoms with Gasteiger partial charge in [-0.05, 0) is 50.9 Å². The number of rotatable bonds is 2. The molecule has 4 nitrogen and oxygen atoms in total. The van der Waals surface area contributed by atoms with E-state index in [-0.39, 0.29) is 17.9 Å². The van der Waals surface area contributed by atoms with Gasteiger partial charge in [-0.25, -0.2) is 4.90 Å². The number of likely N-dealkylation sites (tertiary alicyclic amines) is 1. The Morgan fingerprint density at radius 3 is 2.29 bits per heavy atom. The number of hydrogen-bond acceptors (Lipinski definition) is 3. The average Bonchev–Trinajstić information content (AvgIpc) is 2.76. The molecule has 3 rings (SSSR count). The van der Waals surface area contributed by atoms with Crippen LogP contribution in [0.2, 0.25) is 0 Å². The second-order valence-corrected chi connectivity index (χ2v) is 6.34. The number of carbonyl (C=O) groups excluding carboxylic acids is 2. The van der Waals surface area contributed by atoms with E-state index < -0.39 is 0 Å². The summed E-state index contributed by atoms with van der Waals surface area (Å²) in [6, 6.07) is 7.32. The predicted octanol–water partition coefficient (Wildman–Crippen LogP) is 2.36. The van der Waals surface area contributed by atoms with Crippen LogP contribution in [-0.2, 0) is 9.59 Å². The van der Waals surface area contributed by atoms with Crippen LogP contribution in [0.5, 0.6) is 0 Å². The Labute approximate surface area is 125 Å². The number of nitrogens with zero attached hydrogens (tertiary/aromatic N) is 2. The first kappa shape index (κ1) is 14.3. The summed E-state index contributed by atoms with van der Waals surface area (Å²) in [6.07, 6.45) is 2.55. The molecule has 0 N–H and O–H groups in total. The molecule has 2 fully saturated rings. The van der Waals surface area contributed by atoms with Crippen molar-refractivity contribution >= 4 is 17.5 Å². The summed E-state index contributed by atoms with van der Waals surface area (Å²) in [7, 11) is 0. The highest BCUT2D eigenvalue weighted by Crippen LogP contribution is 2.28. The molecular formula is C17H22N2O2. The minimum atomic E-state index is -0.258.